The Kier molecular flexibility index (Phi) is 4.19. The lowest BCUT2D eigenvalue weighted by molar-refractivity contribution is 0.0959. The first-order valence-corrected chi connectivity index (χ1v) is 6.29. The van der Waals surface area contributed by atoms with Gasteiger partial charge in [0.1, 0.15) is 11.5 Å². The van der Waals surface area contributed by atoms with Gasteiger partial charge in [0.2, 0.25) is 5.13 Å². The van der Waals surface area contributed by atoms with Crippen molar-refractivity contribution in [3.8, 4) is 0 Å². The number of nitrogens with zero attached hydrogens (tertiary/aromatic N) is 2. The van der Waals surface area contributed by atoms with Crippen molar-refractivity contribution in [2.24, 2.45) is 5.10 Å². The van der Waals surface area contributed by atoms with Crippen LogP contribution in [0.4, 0.5) is 9.52 Å². The molecule has 19 heavy (non-hydrogen) atoms. The highest BCUT2D eigenvalue weighted by Crippen LogP contribution is 2.15. The summed E-state index contributed by atoms with van der Waals surface area (Å²) in [5.41, 5.74) is 3.65. The number of halogens is 1. The van der Waals surface area contributed by atoms with Crippen molar-refractivity contribution in [3.63, 3.8) is 0 Å². The number of thiazole rings is 1. The lowest BCUT2D eigenvalue weighted by Gasteiger charge is -1.95. The molecule has 0 unspecified atom stereocenters. The summed E-state index contributed by atoms with van der Waals surface area (Å²) < 4.78 is 12.9. The average Bonchev–Trinajstić information content (AvgIpc) is 2.87. The number of nitrogens with one attached hydrogen (secondary N) is 2. The Balaban J connectivity index is 1.99. The second kappa shape index (κ2) is 6.05. The van der Waals surface area contributed by atoms with Crippen molar-refractivity contribution < 1.29 is 9.18 Å². The molecule has 0 fully saturated rings. The molecule has 1 amide bonds. The van der Waals surface area contributed by atoms with Crippen LogP contribution in [0.3, 0.4) is 0 Å². The molecule has 0 aliphatic rings. The van der Waals surface area contributed by atoms with Gasteiger partial charge in [0.05, 0.1) is 6.21 Å². The maximum atomic E-state index is 12.9. The Morgan fingerprint density at radius 3 is 3.11 bits per heavy atom. The second-order valence-electron chi connectivity index (χ2n) is 3.54. The molecule has 0 atom stereocenters. The summed E-state index contributed by atoms with van der Waals surface area (Å²) in [7, 11) is 1.54. The number of carbonyl (C=O) groups excluding carboxylic acids is 1. The maximum absolute atomic E-state index is 12.9. The van der Waals surface area contributed by atoms with Gasteiger partial charge in [-0.3, -0.25) is 10.2 Å². The molecule has 2 aromatic rings. The summed E-state index contributed by atoms with van der Waals surface area (Å²) >= 11 is 1.26. The molecule has 7 heteroatoms. The minimum absolute atomic E-state index is 0.251. The van der Waals surface area contributed by atoms with Gasteiger partial charge >= 0.3 is 0 Å². The Bertz CT molecular complexity index is 611. The fourth-order valence-corrected chi connectivity index (χ4v) is 1.95. The summed E-state index contributed by atoms with van der Waals surface area (Å²) in [5.74, 6) is -0.571. The number of anilines is 1. The van der Waals surface area contributed by atoms with Crippen molar-refractivity contribution >= 4 is 28.6 Å². The standard InChI is InChI=1S/C12H11FN4OS/c1-14-11(18)10-7-19-12(16-10)17-15-6-8-3-2-4-9(13)5-8/h2-7H,1H3,(H,14,18)(H,16,17)/b15-6+. The summed E-state index contributed by atoms with van der Waals surface area (Å²) in [6.07, 6.45) is 1.48. The fraction of sp³-hybridized carbons (Fsp3) is 0.0833. The molecule has 1 heterocycles. The van der Waals surface area contributed by atoms with Crippen LogP contribution in [0, 0.1) is 5.82 Å². The van der Waals surface area contributed by atoms with Crippen molar-refractivity contribution in [3.05, 3.63) is 46.7 Å². The molecular formula is C12H11FN4OS. The molecule has 0 radical (unpaired) electrons. The minimum atomic E-state index is -0.319. The lowest BCUT2D eigenvalue weighted by atomic mass is 10.2. The Morgan fingerprint density at radius 1 is 1.53 bits per heavy atom. The van der Waals surface area contributed by atoms with Gasteiger partial charge in [-0.15, -0.1) is 11.3 Å². The van der Waals surface area contributed by atoms with Crippen molar-refractivity contribution in [2.45, 2.75) is 0 Å². The van der Waals surface area contributed by atoms with E-state index in [1.165, 1.54) is 36.7 Å². The first kappa shape index (κ1) is 13.2. The molecule has 0 saturated carbocycles. The average molecular weight is 278 g/mol. The number of hydrogen-bond acceptors (Lipinski definition) is 5. The van der Waals surface area contributed by atoms with Crippen LogP contribution in [0.5, 0.6) is 0 Å². The largest absolute Gasteiger partial charge is 0.354 e. The third-order valence-corrected chi connectivity index (χ3v) is 2.93. The van der Waals surface area contributed by atoms with Crippen LogP contribution in [0.25, 0.3) is 0 Å². The first-order valence-electron chi connectivity index (χ1n) is 5.41. The van der Waals surface area contributed by atoms with E-state index in [1.54, 1.807) is 17.5 Å². The molecule has 0 aliphatic carbocycles. The van der Waals surface area contributed by atoms with E-state index in [-0.39, 0.29) is 11.7 Å². The zero-order chi connectivity index (χ0) is 13.7. The van der Waals surface area contributed by atoms with Gasteiger partial charge in [-0.1, -0.05) is 12.1 Å². The van der Waals surface area contributed by atoms with Gasteiger partial charge in [-0.05, 0) is 17.7 Å². The molecule has 0 saturated heterocycles. The lowest BCUT2D eigenvalue weighted by Crippen LogP contribution is -2.17. The number of aromatic nitrogens is 1. The third-order valence-electron chi connectivity index (χ3n) is 2.19. The van der Waals surface area contributed by atoms with E-state index in [4.69, 9.17) is 0 Å². The number of benzene rings is 1. The van der Waals surface area contributed by atoms with E-state index >= 15 is 0 Å². The summed E-state index contributed by atoms with van der Waals surface area (Å²) in [6.45, 7) is 0. The Hall–Kier alpha value is -2.28. The highest BCUT2D eigenvalue weighted by atomic mass is 32.1. The van der Waals surface area contributed by atoms with Crippen LogP contribution in [0.15, 0.2) is 34.7 Å². The highest BCUT2D eigenvalue weighted by Gasteiger charge is 2.07. The molecule has 0 spiro atoms. The van der Waals surface area contributed by atoms with Crippen LogP contribution in [0.1, 0.15) is 16.1 Å². The maximum Gasteiger partial charge on any atom is 0.270 e. The molecule has 2 rings (SSSR count). The molecule has 1 aromatic heterocycles. The van der Waals surface area contributed by atoms with E-state index in [0.29, 0.717) is 16.4 Å². The van der Waals surface area contributed by atoms with Gasteiger partial charge in [0, 0.05) is 12.4 Å². The molecular weight excluding hydrogens is 267 g/mol. The van der Waals surface area contributed by atoms with Crippen molar-refractivity contribution in [2.75, 3.05) is 12.5 Å². The van der Waals surface area contributed by atoms with Gasteiger partial charge in [0.25, 0.3) is 5.91 Å². The Labute approximate surface area is 113 Å². The summed E-state index contributed by atoms with van der Waals surface area (Å²) in [6, 6.07) is 6.06. The zero-order valence-electron chi connectivity index (χ0n) is 10.1. The number of hydrogen-bond donors (Lipinski definition) is 2. The monoisotopic (exact) mass is 278 g/mol. The zero-order valence-corrected chi connectivity index (χ0v) is 10.9. The van der Waals surface area contributed by atoms with Crippen LogP contribution in [-0.2, 0) is 0 Å². The van der Waals surface area contributed by atoms with Gasteiger partial charge in [-0.25, -0.2) is 9.37 Å². The van der Waals surface area contributed by atoms with E-state index in [9.17, 15) is 9.18 Å². The van der Waals surface area contributed by atoms with E-state index in [1.807, 2.05) is 0 Å². The predicted molar refractivity (Wildman–Crippen MR) is 73.1 cm³/mol. The topological polar surface area (TPSA) is 66.4 Å². The predicted octanol–water partition coefficient (Wildman–Crippen LogP) is 2.09. The quantitative estimate of drug-likeness (QED) is 0.664. The van der Waals surface area contributed by atoms with Crippen LogP contribution in [0.2, 0.25) is 0 Å². The normalized spacial score (nSPS) is 10.6. The Morgan fingerprint density at radius 2 is 2.37 bits per heavy atom. The molecule has 2 N–H and O–H groups in total. The van der Waals surface area contributed by atoms with E-state index < -0.39 is 0 Å². The van der Waals surface area contributed by atoms with Crippen molar-refractivity contribution in [1.82, 2.24) is 10.3 Å². The number of carbonyl (C=O) groups is 1. The van der Waals surface area contributed by atoms with Gasteiger partial charge in [-0.2, -0.15) is 5.10 Å². The highest BCUT2D eigenvalue weighted by molar-refractivity contribution is 7.13. The minimum Gasteiger partial charge on any atom is -0.354 e. The number of hydrazone groups is 1. The first-order chi connectivity index (χ1) is 9.19. The molecule has 1 aromatic carbocycles. The van der Waals surface area contributed by atoms with E-state index in [2.05, 4.69) is 20.8 Å². The molecule has 5 nitrogen and oxygen atoms in total. The second-order valence-corrected chi connectivity index (χ2v) is 4.40. The van der Waals surface area contributed by atoms with Gasteiger partial charge < -0.3 is 5.32 Å². The van der Waals surface area contributed by atoms with Gasteiger partial charge in [0.15, 0.2) is 0 Å². The number of amides is 1. The van der Waals surface area contributed by atoms with Crippen LogP contribution < -0.4 is 10.7 Å². The molecule has 98 valence electrons. The number of rotatable bonds is 4. The van der Waals surface area contributed by atoms with E-state index in [0.717, 1.165) is 0 Å². The van der Waals surface area contributed by atoms with Crippen LogP contribution >= 0.6 is 11.3 Å². The fourth-order valence-electron chi connectivity index (χ4n) is 1.31. The molecule has 0 aliphatic heterocycles. The van der Waals surface area contributed by atoms with Crippen molar-refractivity contribution in [1.29, 1.82) is 0 Å². The molecule has 0 bridgehead atoms. The van der Waals surface area contributed by atoms with Crippen LogP contribution in [-0.4, -0.2) is 24.2 Å². The smallest absolute Gasteiger partial charge is 0.270 e. The third kappa shape index (κ3) is 3.59. The summed E-state index contributed by atoms with van der Waals surface area (Å²) in [5, 5.41) is 8.52. The summed E-state index contributed by atoms with van der Waals surface area (Å²) in [4.78, 5) is 15.3. The SMILES string of the molecule is CNC(=O)c1csc(N/N=C/c2cccc(F)c2)n1.